The molecule has 0 spiro atoms. The van der Waals surface area contributed by atoms with Gasteiger partial charge in [-0.2, -0.15) is 0 Å². The quantitative estimate of drug-likeness (QED) is 0.832. The van der Waals surface area contributed by atoms with E-state index in [9.17, 15) is 9.18 Å². The van der Waals surface area contributed by atoms with Gasteiger partial charge in [0.15, 0.2) is 6.61 Å². The van der Waals surface area contributed by atoms with Gasteiger partial charge in [-0.25, -0.2) is 4.39 Å². The first-order chi connectivity index (χ1) is 9.08. The SMILES string of the molecule is CCN(CCCO)C(=O)COc1ccc(F)cc1Br. The van der Waals surface area contributed by atoms with Crippen molar-refractivity contribution in [2.45, 2.75) is 13.3 Å². The van der Waals surface area contributed by atoms with E-state index in [1.165, 1.54) is 18.2 Å². The summed E-state index contributed by atoms with van der Waals surface area (Å²) in [4.78, 5) is 13.5. The predicted molar refractivity (Wildman–Crippen MR) is 73.6 cm³/mol. The van der Waals surface area contributed by atoms with Crippen LogP contribution in [0.2, 0.25) is 0 Å². The van der Waals surface area contributed by atoms with E-state index in [1.807, 2.05) is 6.92 Å². The van der Waals surface area contributed by atoms with Gasteiger partial charge in [0.25, 0.3) is 5.91 Å². The molecule has 0 fully saturated rings. The zero-order valence-electron chi connectivity index (χ0n) is 10.7. The number of ether oxygens (including phenoxy) is 1. The average Bonchev–Trinajstić information content (AvgIpc) is 2.38. The van der Waals surface area contributed by atoms with Gasteiger partial charge < -0.3 is 14.7 Å². The number of hydrogen-bond donors (Lipinski definition) is 1. The fourth-order valence-electron chi connectivity index (χ4n) is 1.54. The molecule has 0 aliphatic carbocycles. The van der Waals surface area contributed by atoms with Gasteiger partial charge in [0.05, 0.1) is 4.47 Å². The first kappa shape index (κ1) is 15.9. The highest BCUT2D eigenvalue weighted by atomic mass is 79.9. The van der Waals surface area contributed by atoms with Crippen LogP contribution in [0.4, 0.5) is 4.39 Å². The van der Waals surface area contributed by atoms with Gasteiger partial charge in [-0.1, -0.05) is 0 Å². The number of rotatable bonds is 7. The van der Waals surface area contributed by atoms with Crippen LogP contribution in [-0.2, 0) is 4.79 Å². The van der Waals surface area contributed by atoms with E-state index in [0.717, 1.165) is 0 Å². The van der Waals surface area contributed by atoms with Crippen LogP contribution in [0.15, 0.2) is 22.7 Å². The van der Waals surface area contributed by atoms with E-state index in [1.54, 1.807) is 4.90 Å². The molecule has 4 nitrogen and oxygen atoms in total. The molecule has 0 aromatic heterocycles. The van der Waals surface area contributed by atoms with Crippen LogP contribution >= 0.6 is 15.9 Å². The average molecular weight is 334 g/mol. The van der Waals surface area contributed by atoms with Crippen LogP contribution in [0.5, 0.6) is 5.75 Å². The monoisotopic (exact) mass is 333 g/mol. The fraction of sp³-hybridized carbons (Fsp3) is 0.462. The molecule has 1 rings (SSSR count). The number of aliphatic hydroxyl groups excluding tert-OH is 1. The summed E-state index contributed by atoms with van der Waals surface area (Å²) in [5, 5.41) is 8.75. The lowest BCUT2D eigenvalue weighted by Crippen LogP contribution is -2.35. The van der Waals surface area contributed by atoms with Crippen LogP contribution < -0.4 is 4.74 Å². The molecule has 0 heterocycles. The van der Waals surface area contributed by atoms with Gasteiger partial charge in [0.2, 0.25) is 0 Å². The second-order valence-electron chi connectivity index (χ2n) is 3.91. The van der Waals surface area contributed by atoms with Gasteiger partial charge in [-0.15, -0.1) is 0 Å². The third-order valence-corrected chi connectivity index (χ3v) is 3.19. The summed E-state index contributed by atoms with van der Waals surface area (Å²) >= 11 is 3.17. The van der Waals surface area contributed by atoms with E-state index < -0.39 is 0 Å². The molecule has 0 aliphatic heterocycles. The standard InChI is InChI=1S/C13H17BrFNO3/c1-2-16(6-3-7-17)13(18)9-19-12-5-4-10(15)8-11(12)14/h4-5,8,17H,2-3,6-7,9H2,1H3. The molecule has 19 heavy (non-hydrogen) atoms. The molecule has 6 heteroatoms. The summed E-state index contributed by atoms with van der Waals surface area (Å²) in [5.41, 5.74) is 0. The van der Waals surface area contributed by atoms with Gasteiger partial charge in [0, 0.05) is 19.7 Å². The number of hydrogen-bond acceptors (Lipinski definition) is 3. The van der Waals surface area contributed by atoms with Crippen molar-refractivity contribution in [3.8, 4) is 5.75 Å². The van der Waals surface area contributed by atoms with Crippen molar-refractivity contribution >= 4 is 21.8 Å². The highest BCUT2D eigenvalue weighted by Crippen LogP contribution is 2.25. The third kappa shape index (κ3) is 5.16. The lowest BCUT2D eigenvalue weighted by Gasteiger charge is -2.20. The maximum absolute atomic E-state index is 12.9. The molecule has 106 valence electrons. The molecule has 1 aromatic rings. The summed E-state index contributed by atoms with van der Waals surface area (Å²) in [6.45, 7) is 2.87. The molecule has 1 N–H and O–H groups in total. The van der Waals surface area contributed by atoms with Gasteiger partial charge >= 0.3 is 0 Å². The zero-order valence-corrected chi connectivity index (χ0v) is 12.3. The summed E-state index contributed by atoms with van der Waals surface area (Å²) in [7, 11) is 0. The molecule has 1 aromatic carbocycles. The van der Waals surface area contributed by atoms with Crippen LogP contribution in [-0.4, -0.2) is 42.2 Å². The molecule has 1 amide bonds. The fourth-order valence-corrected chi connectivity index (χ4v) is 2.01. The Kier molecular flexibility index (Phi) is 6.80. The number of nitrogens with zero attached hydrogens (tertiary/aromatic N) is 1. The maximum atomic E-state index is 12.9. The van der Waals surface area contributed by atoms with Crippen LogP contribution in [0.1, 0.15) is 13.3 Å². The topological polar surface area (TPSA) is 49.8 Å². The maximum Gasteiger partial charge on any atom is 0.260 e. The van der Waals surface area contributed by atoms with Crippen LogP contribution in [0.25, 0.3) is 0 Å². The molecule has 0 radical (unpaired) electrons. The molecule has 0 bridgehead atoms. The third-order valence-electron chi connectivity index (χ3n) is 2.57. The van der Waals surface area contributed by atoms with E-state index >= 15 is 0 Å². The van der Waals surface area contributed by atoms with Gasteiger partial charge in [-0.3, -0.25) is 4.79 Å². The number of amides is 1. The van der Waals surface area contributed by atoms with Crippen molar-refractivity contribution in [3.05, 3.63) is 28.5 Å². The second-order valence-corrected chi connectivity index (χ2v) is 4.77. The molecular formula is C13H17BrFNO3. The van der Waals surface area contributed by atoms with E-state index in [2.05, 4.69) is 15.9 Å². The molecule has 0 atom stereocenters. The smallest absolute Gasteiger partial charge is 0.260 e. The number of aliphatic hydroxyl groups is 1. The summed E-state index contributed by atoms with van der Waals surface area (Å²) in [5.74, 6) is -0.108. The predicted octanol–water partition coefficient (Wildman–Crippen LogP) is 2.20. The summed E-state index contributed by atoms with van der Waals surface area (Å²) < 4.78 is 18.7. The van der Waals surface area contributed by atoms with E-state index in [-0.39, 0.29) is 24.9 Å². The van der Waals surface area contributed by atoms with E-state index in [0.29, 0.717) is 29.7 Å². The number of halogens is 2. The van der Waals surface area contributed by atoms with E-state index in [4.69, 9.17) is 9.84 Å². The zero-order chi connectivity index (χ0) is 14.3. The number of likely N-dealkylation sites (N-methyl/N-ethyl adjacent to an activating group) is 1. The first-order valence-corrected chi connectivity index (χ1v) is 6.84. The Labute approximate surface area is 120 Å². The Morgan fingerprint density at radius 3 is 2.84 bits per heavy atom. The lowest BCUT2D eigenvalue weighted by molar-refractivity contribution is -0.133. The number of carbonyl (C=O) groups is 1. The molecule has 0 saturated heterocycles. The molecule has 0 unspecified atom stereocenters. The second kappa shape index (κ2) is 8.12. The van der Waals surface area contributed by atoms with Crippen molar-refractivity contribution in [3.63, 3.8) is 0 Å². The normalized spacial score (nSPS) is 10.3. The Morgan fingerprint density at radius 1 is 1.53 bits per heavy atom. The molecule has 0 saturated carbocycles. The highest BCUT2D eigenvalue weighted by Gasteiger charge is 2.12. The minimum atomic E-state index is -0.372. The van der Waals surface area contributed by atoms with Gasteiger partial charge in [-0.05, 0) is 47.5 Å². The minimum Gasteiger partial charge on any atom is -0.483 e. The first-order valence-electron chi connectivity index (χ1n) is 6.05. The summed E-state index contributed by atoms with van der Waals surface area (Å²) in [6.07, 6.45) is 0.541. The number of carbonyl (C=O) groups excluding carboxylic acids is 1. The molecular weight excluding hydrogens is 317 g/mol. The van der Waals surface area contributed by atoms with Crippen molar-refractivity contribution in [1.29, 1.82) is 0 Å². The van der Waals surface area contributed by atoms with Crippen molar-refractivity contribution < 1.29 is 19.0 Å². The Morgan fingerprint density at radius 2 is 2.26 bits per heavy atom. The Balaban J connectivity index is 2.52. The van der Waals surface area contributed by atoms with Gasteiger partial charge in [0.1, 0.15) is 11.6 Å². The largest absolute Gasteiger partial charge is 0.483 e. The van der Waals surface area contributed by atoms with Crippen molar-refractivity contribution in [2.75, 3.05) is 26.3 Å². The van der Waals surface area contributed by atoms with Crippen LogP contribution in [0.3, 0.4) is 0 Å². The van der Waals surface area contributed by atoms with Crippen molar-refractivity contribution in [2.24, 2.45) is 0 Å². The summed E-state index contributed by atoms with van der Waals surface area (Å²) in [6, 6.07) is 4.02. The Hall–Kier alpha value is -1.14. The Bertz CT molecular complexity index is 428. The lowest BCUT2D eigenvalue weighted by atomic mass is 10.3. The minimum absolute atomic E-state index is 0.0497. The molecule has 0 aliphatic rings. The van der Waals surface area contributed by atoms with Crippen LogP contribution in [0, 0.1) is 5.82 Å². The number of benzene rings is 1. The van der Waals surface area contributed by atoms with Crippen molar-refractivity contribution in [1.82, 2.24) is 4.90 Å². The highest BCUT2D eigenvalue weighted by molar-refractivity contribution is 9.10.